The van der Waals surface area contributed by atoms with E-state index in [0.717, 1.165) is 19.1 Å². The summed E-state index contributed by atoms with van der Waals surface area (Å²) in [6.07, 6.45) is 6.80. The topological polar surface area (TPSA) is 32.3 Å². The molecule has 0 unspecified atom stereocenters. The fourth-order valence-corrected chi connectivity index (χ4v) is 2.11. The second-order valence-corrected chi connectivity index (χ2v) is 4.26. The Morgan fingerprint density at radius 1 is 1.36 bits per heavy atom. The molecule has 0 bridgehead atoms. The Balaban J connectivity index is 2.13. The summed E-state index contributed by atoms with van der Waals surface area (Å²) in [6, 6.07) is 0.748. The number of nitrogens with zero attached hydrogens (tertiary/aromatic N) is 1. The van der Waals surface area contributed by atoms with Crippen molar-refractivity contribution in [2.24, 2.45) is 0 Å². The van der Waals surface area contributed by atoms with Crippen LogP contribution in [0.15, 0.2) is 0 Å². The van der Waals surface area contributed by atoms with Crippen LogP contribution < -0.4 is 5.32 Å². The summed E-state index contributed by atoms with van der Waals surface area (Å²) in [5.41, 5.74) is 0. The first kappa shape index (κ1) is 11.5. The lowest BCUT2D eigenvalue weighted by Crippen LogP contribution is -2.38. The third kappa shape index (κ3) is 4.09. The average molecular weight is 198 g/mol. The molecule has 3 heteroatoms. The fraction of sp³-hybridized carbons (Fsp3) is 0.909. The van der Waals surface area contributed by atoms with Gasteiger partial charge in [-0.15, -0.1) is 0 Å². The first-order valence-electron chi connectivity index (χ1n) is 5.65. The van der Waals surface area contributed by atoms with Gasteiger partial charge in [-0.3, -0.25) is 4.79 Å². The summed E-state index contributed by atoms with van der Waals surface area (Å²) < 4.78 is 0. The molecule has 14 heavy (non-hydrogen) atoms. The Bertz CT molecular complexity index is 176. The molecule has 0 aromatic carbocycles. The Hall–Kier alpha value is -0.570. The minimum Gasteiger partial charge on any atom is -0.355 e. The van der Waals surface area contributed by atoms with Crippen molar-refractivity contribution in [1.29, 1.82) is 0 Å². The maximum absolute atomic E-state index is 10.7. The van der Waals surface area contributed by atoms with Crippen LogP contribution in [0.2, 0.25) is 0 Å². The van der Waals surface area contributed by atoms with Crippen LogP contribution in [-0.2, 0) is 4.79 Å². The number of nitrogens with one attached hydrogen (secondary N) is 1. The molecule has 1 N–H and O–H groups in total. The van der Waals surface area contributed by atoms with E-state index in [4.69, 9.17) is 0 Å². The van der Waals surface area contributed by atoms with Crippen molar-refractivity contribution in [3.8, 4) is 0 Å². The maximum atomic E-state index is 10.7. The second kappa shape index (κ2) is 6.02. The SMILES string of the molecule is CC(=O)NCCN(C)C1CCCCC1. The highest BCUT2D eigenvalue weighted by Crippen LogP contribution is 2.20. The van der Waals surface area contributed by atoms with Gasteiger partial charge in [0, 0.05) is 26.1 Å². The molecule has 82 valence electrons. The van der Waals surface area contributed by atoms with Crippen LogP contribution in [-0.4, -0.2) is 37.0 Å². The van der Waals surface area contributed by atoms with Crippen molar-refractivity contribution >= 4 is 5.91 Å². The molecule has 0 aromatic rings. The van der Waals surface area contributed by atoms with Crippen LogP contribution in [0, 0.1) is 0 Å². The highest BCUT2D eigenvalue weighted by Gasteiger charge is 2.17. The van der Waals surface area contributed by atoms with Crippen LogP contribution in [0.25, 0.3) is 0 Å². The Morgan fingerprint density at radius 3 is 2.57 bits per heavy atom. The molecule has 1 fully saturated rings. The van der Waals surface area contributed by atoms with Crippen molar-refractivity contribution in [3.63, 3.8) is 0 Å². The van der Waals surface area contributed by atoms with Crippen LogP contribution in [0.3, 0.4) is 0 Å². The predicted molar refractivity (Wildman–Crippen MR) is 58.2 cm³/mol. The number of amides is 1. The molecule has 0 saturated heterocycles. The van der Waals surface area contributed by atoms with Crippen LogP contribution >= 0.6 is 0 Å². The van der Waals surface area contributed by atoms with E-state index in [1.807, 2.05) is 0 Å². The standard InChI is InChI=1S/C11H22N2O/c1-10(14)12-8-9-13(2)11-6-4-3-5-7-11/h11H,3-9H2,1-2H3,(H,12,14). The molecule has 0 atom stereocenters. The third-order valence-corrected chi connectivity index (χ3v) is 3.04. The number of rotatable bonds is 4. The van der Waals surface area contributed by atoms with E-state index in [-0.39, 0.29) is 5.91 Å². The van der Waals surface area contributed by atoms with E-state index in [0.29, 0.717) is 0 Å². The molecule has 3 nitrogen and oxygen atoms in total. The van der Waals surface area contributed by atoms with Crippen molar-refractivity contribution in [2.75, 3.05) is 20.1 Å². The average Bonchev–Trinajstić information content (AvgIpc) is 2.18. The lowest BCUT2D eigenvalue weighted by molar-refractivity contribution is -0.119. The molecule has 0 aromatic heterocycles. The summed E-state index contributed by atoms with van der Waals surface area (Å²) in [5.74, 6) is 0.0713. The molecule has 1 aliphatic rings. The summed E-state index contributed by atoms with van der Waals surface area (Å²) in [5, 5.41) is 2.83. The minimum atomic E-state index is 0.0713. The molecular weight excluding hydrogens is 176 g/mol. The number of hydrogen-bond acceptors (Lipinski definition) is 2. The van der Waals surface area contributed by atoms with E-state index in [2.05, 4.69) is 17.3 Å². The molecule has 1 aliphatic carbocycles. The first-order valence-corrected chi connectivity index (χ1v) is 5.65. The Morgan fingerprint density at radius 2 is 2.00 bits per heavy atom. The van der Waals surface area contributed by atoms with E-state index in [1.165, 1.54) is 32.1 Å². The van der Waals surface area contributed by atoms with Gasteiger partial charge in [0.15, 0.2) is 0 Å². The Labute approximate surface area is 86.9 Å². The number of likely N-dealkylation sites (N-methyl/N-ethyl adjacent to an activating group) is 1. The molecule has 1 saturated carbocycles. The zero-order valence-electron chi connectivity index (χ0n) is 9.38. The van der Waals surface area contributed by atoms with Gasteiger partial charge in [0.25, 0.3) is 0 Å². The van der Waals surface area contributed by atoms with Crippen LogP contribution in [0.1, 0.15) is 39.0 Å². The van der Waals surface area contributed by atoms with Gasteiger partial charge in [0.1, 0.15) is 0 Å². The second-order valence-electron chi connectivity index (χ2n) is 4.26. The lowest BCUT2D eigenvalue weighted by atomic mass is 9.94. The molecule has 0 radical (unpaired) electrons. The van der Waals surface area contributed by atoms with Gasteiger partial charge in [-0.25, -0.2) is 0 Å². The van der Waals surface area contributed by atoms with E-state index in [9.17, 15) is 4.79 Å². The van der Waals surface area contributed by atoms with Gasteiger partial charge in [0.2, 0.25) is 5.91 Å². The maximum Gasteiger partial charge on any atom is 0.216 e. The summed E-state index contributed by atoms with van der Waals surface area (Å²) in [6.45, 7) is 3.33. The fourth-order valence-electron chi connectivity index (χ4n) is 2.11. The van der Waals surface area contributed by atoms with Crippen LogP contribution in [0.4, 0.5) is 0 Å². The normalized spacial score (nSPS) is 18.5. The van der Waals surface area contributed by atoms with Crippen molar-refractivity contribution in [2.45, 2.75) is 45.1 Å². The summed E-state index contributed by atoms with van der Waals surface area (Å²) in [4.78, 5) is 13.1. The lowest BCUT2D eigenvalue weighted by Gasteiger charge is -2.31. The largest absolute Gasteiger partial charge is 0.355 e. The predicted octanol–water partition coefficient (Wildman–Crippen LogP) is 1.39. The van der Waals surface area contributed by atoms with Gasteiger partial charge >= 0.3 is 0 Å². The van der Waals surface area contributed by atoms with Crippen molar-refractivity contribution in [3.05, 3.63) is 0 Å². The number of carbonyl (C=O) groups excluding carboxylic acids is 1. The zero-order chi connectivity index (χ0) is 10.4. The molecule has 1 rings (SSSR count). The van der Waals surface area contributed by atoms with E-state index in [1.54, 1.807) is 6.92 Å². The highest BCUT2D eigenvalue weighted by molar-refractivity contribution is 5.72. The summed E-state index contributed by atoms with van der Waals surface area (Å²) in [7, 11) is 2.16. The van der Waals surface area contributed by atoms with Gasteiger partial charge in [-0.05, 0) is 19.9 Å². The van der Waals surface area contributed by atoms with Gasteiger partial charge in [-0.1, -0.05) is 19.3 Å². The third-order valence-electron chi connectivity index (χ3n) is 3.04. The van der Waals surface area contributed by atoms with E-state index >= 15 is 0 Å². The summed E-state index contributed by atoms with van der Waals surface area (Å²) >= 11 is 0. The van der Waals surface area contributed by atoms with Crippen molar-refractivity contribution in [1.82, 2.24) is 10.2 Å². The quantitative estimate of drug-likeness (QED) is 0.740. The van der Waals surface area contributed by atoms with E-state index < -0.39 is 0 Å². The molecule has 0 spiro atoms. The van der Waals surface area contributed by atoms with Gasteiger partial charge in [-0.2, -0.15) is 0 Å². The zero-order valence-corrected chi connectivity index (χ0v) is 9.38. The van der Waals surface area contributed by atoms with Gasteiger partial charge in [0.05, 0.1) is 0 Å². The highest BCUT2D eigenvalue weighted by atomic mass is 16.1. The molecule has 0 heterocycles. The molecule has 1 amide bonds. The first-order chi connectivity index (χ1) is 6.70. The van der Waals surface area contributed by atoms with Crippen molar-refractivity contribution < 1.29 is 4.79 Å². The smallest absolute Gasteiger partial charge is 0.216 e. The molecular formula is C11H22N2O. The number of carbonyl (C=O) groups is 1. The number of hydrogen-bond donors (Lipinski definition) is 1. The molecule has 0 aliphatic heterocycles. The Kier molecular flexibility index (Phi) is 4.94. The van der Waals surface area contributed by atoms with Crippen LogP contribution in [0.5, 0.6) is 0 Å². The monoisotopic (exact) mass is 198 g/mol. The van der Waals surface area contributed by atoms with Gasteiger partial charge < -0.3 is 10.2 Å². The minimum absolute atomic E-state index is 0.0713.